The largest absolute Gasteiger partial charge is 0.451 e. The van der Waals surface area contributed by atoms with E-state index in [0.717, 1.165) is 5.56 Å². The third kappa shape index (κ3) is 4.75. The lowest BCUT2D eigenvalue weighted by Gasteiger charge is -2.22. The predicted molar refractivity (Wildman–Crippen MR) is 107 cm³/mol. The summed E-state index contributed by atoms with van der Waals surface area (Å²) in [5, 5.41) is 13.8. The van der Waals surface area contributed by atoms with Crippen molar-refractivity contribution >= 4 is 23.4 Å². The molecule has 2 amide bonds. The minimum atomic E-state index is -0.679. The van der Waals surface area contributed by atoms with Crippen LogP contribution in [0.2, 0.25) is 5.02 Å². The van der Waals surface area contributed by atoms with E-state index < -0.39 is 6.10 Å². The van der Waals surface area contributed by atoms with Gasteiger partial charge in [-0.2, -0.15) is 0 Å². The van der Waals surface area contributed by atoms with Crippen LogP contribution >= 0.6 is 11.6 Å². The molecule has 1 aromatic carbocycles. The number of furan rings is 1. The van der Waals surface area contributed by atoms with Crippen LogP contribution in [0.3, 0.4) is 0 Å². The van der Waals surface area contributed by atoms with Crippen LogP contribution < -0.4 is 5.32 Å². The molecule has 3 rings (SSSR count). The van der Waals surface area contributed by atoms with Crippen LogP contribution in [0.15, 0.2) is 40.8 Å². The van der Waals surface area contributed by atoms with Gasteiger partial charge in [0.05, 0.1) is 12.1 Å². The summed E-state index contributed by atoms with van der Waals surface area (Å²) in [7, 11) is 0. The van der Waals surface area contributed by atoms with Crippen LogP contribution in [-0.4, -0.2) is 47.1 Å². The van der Waals surface area contributed by atoms with Crippen LogP contribution in [0.4, 0.5) is 0 Å². The van der Waals surface area contributed by atoms with Crippen molar-refractivity contribution in [3.63, 3.8) is 0 Å². The van der Waals surface area contributed by atoms with Crippen molar-refractivity contribution in [2.24, 2.45) is 5.92 Å². The van der Waals surface area contributed by atoms with Crippen molar-refractivity contribution in [3.8, 4) is 11.3 Å². The molecule has 7 heteroatoms. The van der Waals surface area contributed by atoms with Crippen molar-refractivity contribution in [1.82, 2.24) is 10.2 Å². The van der Waals surface area contributed by atoms with Gasteiger partial charge in [0.25, 0.3) is 5.91 Å². The van der Waals surface area contributed by atoms with Crippen LogP contribution in [0.5, 0.6) is 0 Å². The molecule has 0 bridgehead atoms. The minimum absolute atomic E-state index is 0.0949. The van der Waals surface area contributed by atoms with E-state index in [2.05, 4.69) is 5.32 Å². The fourth-order valence-corrected chi connectivity index (χ4v) is 3.31. The van der Waals surface area contributed by atoms with Crippen molar-refractivity contribution in [3.05, 3.63) is 47.2 Å². The van der Waals surface area contributed by atoms with Gasteiger partial charge in [0, 0.05) is 29.6 Å². The molecule has 1 aromatic heterocycles. The molecule has 2 N–H and O–H groups in total. The summed E-state index contributed by atoms with van der Waals surface area (Å²) in [5.74, 6) is 0.384. The average Bonchev–Trinajstić information content (AvgIpc) is 3.09. The molecule has 2 aromatic rings. The summed E-state index contributed by atoms with van der Waals surface area (Å²) in [5.41, 5.74) is 0.839. The topological polar surface area (TPSA) is 82.8 Å². The number of nitrogens with one attached hydrogen (secondary N) is 1. The van der Waals surface area contributed by atoms with E-state index in [-0.39, 0.29) is 29.5 Å². The first-order chi connectivity index (χ1) is 13.3. The molecule has 1 aliphatic rings. The zero-order valence-corrected chi connectivity index (χ0v) is 16.8. The van der Waals surface area contributed by atoms with E-state index in [1.54, 1.807) is 29.2 Å². The number of benzene rings is 1. The maximum absolute atomic E-state index is 12.8. The Balaban J connectivity index is 1.66. The Morgan fingerprint density at radius 1 is 1.14 bits per heavy atom. The second-order valence-corrected chi connectivity index (χ2v) is 7.81. The summed E-state index contributed by atoms with van der Waals surface area (Å²) < 4.78 is 5.75. The van der Waals surface area contributed by atoms with E-state index in [4.69, 9.17) is 16.0 Å². The highest BCUT2D eigenvalue weighted by atomic mass is 35.5. The molecule has 0 unspecified atom stereocenters. The number of rotatable bonds is 4. The number of hydrogen-bond acceptors (Lipinski definition) is 4. The first kappa shape index (κ1) is 20.4. The van der Waals surface area contributed by atoms with Crippen LogP contribution in [0.25, 0.3) is 11.3 Å². The number of amides is 2. The van der Waals surface area contributed by atoms with E-state index in [0.29, 0.717) is 36.7 Å². The quantitative estimate of drug-likeness (QED) is 0.818. The Bertz CT molecular complexity index is 831. The SMILES string of the molecule is CC(C)C(=O)N[C@H]1CCN(C(=O)c2ccc(-c3ccc(Cl)cc3)o2)CC[C@@H]1O. The predicted octanol–water partition coefficient (Wildman–Crippen LogP) is 3.34. The van der Waals surface area contributed by atoms with Gasteiger partial charge in [-0.15, -0.1) is 0 Å². The van der Waals surface area contributed by atoms with Gasteiger partial charge < -0.3 is 19.7 Å². The smallest absolute Gasteiger partial charge is 0.289 e. The van der Waals surface area contributed by atoms with Crippen LogP contribution in [0, 0.1) is 5.92 Å². The average molecular weight is 405 g/mol. The van der Waals surface area contributed by atoms with Crippen LogP contribution in [0.1, 0.15) is 37.2 Å². The molecule has 1 aliphatic heterocycles. The molecule has 0 radical (unpaired) electrons. The van der Waals surface area contributed by atoms with E-state index >= 15 is 0 Å². The summed E-state index contributed by atoms with van der Waals surface area (Å²) in [6.45, 7) is 4.47. The van der Waals surface area contributed by atoms with Gasteiger partial charge in [-0.25, -0.2) is 0 Å². The van der Waals surface area contributed by atoms with Gasteiger partial charge in [-0.05, 0) is 49.2 Å². The van der Waals surface area contributed by atoms with E-state index in [9.17, 15) is 14.7 Å². The third-order valence-electron chi connectivity index (χ3n) is 4.95. The molecular formula is C21H25ClN2O4. The zero-order valence-electron chi connectivity index (χ0n) is 16.0. The number of halogens is 1. The Labute approximate surface area is 169 Å². The van der Waals surface area contributed by atoms with Crippen molar-refractivity contribution < 1.29 is 19.1 Å². The normalized spacial score (nSPS) is 20.1. The van der Waals surface area contributed by atoms with Gasteiger partial charge in [-0.3, -0.25) is 9.59 Å². The molecule has 28 heavy (non-hydrogen) atoms. The summed E-state index contributed by atoms with van der Waals surface area (Å²) in [6, 6.07) is 10.3. The summed E-state index contributed by atoms with van der Waals surface area (Å²) in [4.78, 5) is 26.4. The number of carbonyl (C=O) groups excluding carboxylic acids is 2. The molecule has 1 fully saturated rings. The zero-order chi connectivity index (χ0) is 20.3. The summed E-state index contributed by atoms with van der Waals surface area (Å²) >= 11 is 5.91. The Hall–Kier alpha value is -2.31. The highest BCUT2D eigenvalue weighted by molar-refractivity contribution is 6.30. The maximum Gasteiger partial charge on any atom is 0.289 e. The number of aliphatic hydroxyl groups excluding tert-OH is 1. The minimum Gasteiger partial charge on any atom is -0.451 e. The maximum atomic E-state index is 12.8. The Morgan fingerprint density at radius 3 is 2.50 bits per heavy atom. The van der Waals surface area contributed by atoms with Crippen molar-refractivity contribution in [1.29, 1.82) is 0 Å². The van der Waals surface area contributed by atoms with Gasteiger partial charge in [0.15, 0.2) is 5.76 Å². The lowest BCUT2D eigenvalue weighted by molar-refractivity contribution is -0.125. The number of likely N-dealkylation sites (tertiary alicyclic amines) is 1. The fraction of sp³-hybridized carbons (Fsp3) is 0.429. The van der Waals surface area contributed by atoms with E-state index in [1.807, 2.05) is 26.0 Å². The molecule has 1 saturated heterocycles. The van der Waals surface area contributed by atoms with Crippen molar-refractivity contribution in [2.75, 3.05) is 13.1 Å². The number of nitrogens with zero attached hydrogens (tertiary/aromatic N) is 1. The molecule has 0 aliphatic carbocycles. The Morgan fingerprint density at radius 2 is 1.82 bits per heavy atom. The second-order valence-electron chi connectivity index (χ2n) is 7.38. The molecular weight excluding hydrogens is 380 g/mol. The molecule has 2 atom stereocenters. The lowest BCUT2D eigenvalue weighted by Crippen LogP contribution is -2.44. The van der Waals surface area contributed by atoms with Gasteiger partial charge >= 0.3 is 0 Å². The highest BCUT2D eigenvalue weighted by Crippen LogP contribution is 2.25. The van der Waals surface area contributed by atoms with Gasteiger partial charge in [0.1, 0.15) is 5.76 Å². The fourth-order valence-electron chi connectivity index (χ4n) is 3.19. The number of hydrogen-bond donors (Lipinski definition) is 2. The molecule has 0 saturated carbocycles. The molecule has 150 valence electrons. The van der Waals surface area contributed by atoms with E-state index in [1.165, 1.54) is 0 Å². The lowest BCUT2D eigenvalue weighted by atomic mass is 10.1. The highest BCUT2D eigenvalue weighted by Gasteiger charge is 2.29. The second kappa shape index (κ2) is 8.80. The molecule has 2 heterocycles. The standard InChI is InChI=1S/C21H25ClN2O4/c1-13(2)20(26)23-16-9-11-24(12-10-17(16)25)21(27)19-8-7-18(28-19)14-3-5-15(22)6-4-14/h3-8,13,16-17,25H,9-12H2,1-2H3,(H,23,26)/t16-,17-/m0/s1. The van der Waals surface area contributed by atoms with Crippen molar-refractivity contribution in [2.45, 2.75) is 38.8 Å². The summed E-state index contributed by atoms with van der Waals surface area (Å²) in [6.07, 6.45) is 0.220. The first-order valence-corrected chi connectivity index (χ1v) is 9.86. The number of carbonyl (C=O) groups is 2. The Kier molecular flexibility index (Phi) is 6.42. The van der Waals surface area contributed by atoms with Crippen LogP contribution in [-0.2, 0) is 4.79 Å². The first-order valence-electron chi connectivity index (χ1n) is 9.48. The third-order valence-corrected chi connectivity index (χ3v) is 5.21. The molecule has 6 nitrogen and oxygen atoms in total. The monoisotopic (exact) mass is 404 g/mol. The van der Waals surface area contributed by atoms with Gasteiger partial charge in [-0.1, -0.05) is 25.4 Å². The molecule has 0 spiro atoms. The number of aliphatic hydroxyl groups is 1. The van der Waals surface area contributed by atoms with Gasteiger partial charge in [0.2, 0.25) is 5.91 Å².